The van der Waals surface area contributed by atoms with E-state index in [0.717, 1.165) is 31.6 Å². The highest BCUT2D eigenvalue weighted by Crippen LogP contribution is 2.18. The van der Waals surface area contributed by atoms with Gasteiger partial charge in [0, 0.05) is 12.2 Å². The number of hydrogen-bond donors (Lipinski definition) is 1. The zero-order valence-corrected chi connectivity index (χ0v) is 10.6. The molecule has 3 heteroatoms. The van der Waals surface area contributed by atoms with E-state index >= 15 is 0 Å². The monoisotopic (exact) mass is 232 g/mol. The molecule has 1 aromatic rings. The number of nitrogens with one attached hydrogen (secondary N) is 1. The van der Waals surface area contributed by atoms with Crippen LogP contribution in [0.3, 0.4) is 0 Å². The molecule has 0 saturated carbocycles. The molecule has 2 rings (SSSR count). The Morgan fingerprint density at radius 2 is 2.12 bits per heavy atom. The van der Waals surface area contributed by atoms with Gasteiger partial charge in [0.15, 0.2) is 0 Å². The average Bonchev–Trinajstić information content (AvgIpc) is 2.86. The lowest BCUT2D eigenvalue weighted by molar-refractivity contribution is -0.120. The van der Waals surface area contributed by atoms with Crippen LogP contribution in [0.5, 0.6) is 0 Å². The van der Waals surface area contributed by atoms with Gasteiger partial charge in [-0.15, -0.1) is 0 Å². The SMILES string of the molecule is CCN(C(=O)[C@@H]1CCCN1)c1ccc(C)cc1. The van der Waals surface area contributed by atoms with Crippen molar-refractivity contribution in [1.82, 2.24) is 5.32 Å². The van der Waals surface area contributed by atoms with Crippen molar-refractivity contribution in [3.8, 4) is 0 Å². The molecule has 1 aromatic carbocycles. The summed E-state index contributed by atoms with van der Waals surface area (Å²) in [7, 11) is 0. The van der Waals surface area contributed by atoms with Gasteiger partial charge in [0.25, 0.3) is 0 Å². The molecule has 0 unspecified atom stereocenters. The van der Waals surface area contributed by atoms with Crippen molar-refractivity contribution < 1.29 is 4.79 Å². The smallest absolute Gasteiger partial charge is 0.244 e. The molecular weight excluding hydrogens is 212 g/mol. The number of aryl methyl sites for hydroxylation is 1. The Bertz CT molecular complexity index is 380. The van der Waals surface area contributed by atoms with Crippen molar-refractivity contribution in [2.45, 2.75) is 32.7 Å². The summed E-state index contributed by atoms with van der Waals surface area (Å²) in [5.41, 5.74) is 2.22. The summed E-state index contributed by atoms with van der Waals surface area (Å²) >= 11 is 0. The molecule has 1 amide bonds. The molecule has 1 fully saturated rings. The number of benzene rings is 1. The maximum absolute atomic E-state index is 12.3. The standard InChI is InChI=1S/C14H20N2O/c1-3-16(12-8-6-11(2)7-9-12)14(17)13-5-4-10-15-13/h6-9,13,15H,3-5,10H2,1-2H3/t13-/m0/s1. The van der Waals surface area contributed by atoms with E-state index in [1.165, 1.54) is 5.56 Å². The minimum absolute atomic E-state index is 0.0104. The summed E-state index contributed by atoms with van der Waals surface area (Å²) in [5, 5.41) is 3.26. The fourth-order valence-electron chi connectivity index (χ4n) is 2.27. The Balaban J connectivity index is 2.14. The van der Waals surface area contributed by atoms with Gasteiger partial charge in [-0.2, -0.15) is 0 Å². The first-order valence-electron chi connectivity index (χ1n) is 6.34. The third-order valence-corrected chi connectivity index (χ3v) is 3.29. The second-order valence-corrected chi connectivity index (χ2v) is 4.57. The van der Waals surface area contributed by atoms with E-state index in [1.54, 1.807) is 0 Å². The second-order valence-electron chi connectivity index (χ2n) is 4.57. The molecule has 1 aliphatic heterocycles. The molecule has 1 aliphatic rings. The zero-order chi connectivity index (χ0) is 12.3. The van der Waals surface area contributed by atoms with Crippen LogP contribution < -0.4 is 10.2 Å². The number of nitrogens with zero attached hydrogens (tertiary/aromatic N) is 1. The minimum Gasteiger partial charge on any atom is -0.311 e. The summed E-state index contributed by atoms with van der Waals surface area (Å²) in [4.78, 5) is 14.2. The van der Waals surface area contributed by atoms with Crippen molar-refractivity contribution in [2.75, 3.05) is 18.0 Å². The lowest BCUT2D eigenvalue weighted by atomic mass is 10.1. The van der Waals surface area contributed by atoms with Gasteiger partial charge < -0.3 is 10.2 Å². The van der Waals surface area contributed by atoms with Crippen LogP contribution in [0.4, 0.5) is 5.69 Å². The molecule has 92 valence electrons. The van der Waals surface area contributed by atoms with Crippen molar-refractivity contribution in [2.24, 2.45) is 0 Å². The Morgan fingerprint density at radius 3 is 2.65 bits per heavy atom. The largest absolute Gasteiger partial charge is 0.311 e. The molecule has 3 nitrogen and oxygen atoms in total. The van der Waals surface area contributed by atoms with Gasteiger partial charge in [-0.05, 0) is 45.4 Å². The maximum Gasteiger partial charge on any atom is 0.244 e. The van der Waals surface area contributed by atoms with Gasteiger partial charge in [0.1, 0.15) is 0 Å². The molecule has 17 heavy (non-hydrogen) atoms. The predicted molar refractivity (Wildman–Crippen MR) is 70.2 cm³/mol. The molecule has 0 bridgehead atoms. The van der Waals surface area contributed by atoms with Gasteiger partial charge in [-0.1, -0.05) is 17.7 Å². The number of anilines is 1. The van der Waals surface area contributed by atoms with Gasteiger partial charge in [0.2, 0.25) is 5.91 Å². The van der Waals surface area contributed by atoms with E-state index < -0.39 is 0 Å². The van der Waals surface area contributed by atoms with Crippen LogP contribution in [-0.2, 0) is 4.79 Å². The minimum atomic E-state index is 0.0104. The first-order chi connectivity index (χ1) is 8.22. The van der Waals surface area contributed by atoms with E-state index in [4.69, 9.17) is 0 Å². The van der Waals surface area contributed by atoms with Gasteiger partial charge in [-0.25, -0.2) is 0 Å². The van der Waals surface area contributed by atoms with Gasteiger partial charge in [0.05, 0.1) is 6.04 Å². The fraction of sp³-hybridized carbons (Fsp3) is 0.500. The molecule has 0 radical (unpaired) electrons. The third-order valence-electron chi connectivity index (χ3n) is 3.29. The average molecular weight is 232 g/mol. The zero-order valence-electron chi connectivity index (χ0n) is 10.6. The second kappa shape index (κ2) is 5.32. The molecule has 1 saturated heterocycles. The van der Waals surface area contributed by atoms with Crippen LogP contribution in [0, 0.1) is 6.92 Å². The lowest BCUT2D eigenvalue weighted by Gasteiger charge is -2.24. The van der Waals surface area contributed by atoms with Crippen LogP contribution >= 0.6 is 0 Å². The van der Waals surface area contributed by atoms with Crippen LogP contribution in [-0.4, -0.2) is 25.0 Å². The summed E-state index contributed by atoms with van der Waals surface area (Å²) in [6.07, 6.45) is 2.06. The predicted octanol–water partition coefficient (Wildman–Crippen LogP) is 2.10. The lowest BCUT2D eigenvalue weighted by Crippen LogP contribution is -2.43. The highest BCUT2D eigenvalue weighted by Gasteiger charge is 2.26. The van der Waals surface area contributed by atoms with Crippen molar-refractivity contribution in [3.05, 3.63) is 29.8 Å². The normalized spacial score (nSPS) is 19.3. The quantitative estimate of drug-likeness (QED) is 0.865. The summed E-state index contributed by atoms with van der Waals surface area (Å²) in [6, 6.07) is 8.15. The number of amides is 1. The summed E-state index contributed by atoms with van der Waals surface area (Å²) < 4.78 is 0. The van der Waals surface area contributed by atoms with Crippen LogP contribution in [0.25, 0.3) is 0 Å². The molecule has 1 N–H and O–H groups in total. The summed E-state index contributed by atoms with van der Waals surface area (Å²) in [5.74, 6) is 0.203. The highest BCUT2D eigenvalue weighted by atomic mass is 16.2. The number of hydrogen-bond acceptors (Lipinski definition) is 2. The topological polar surface area (TPSA) is 32.3 Å². The molecule has 1 heterocycles. The van der Waals surface area contributed by atoms with Crippen LogP contribution in [0.15, 0.2) is 24.3 Å². The van der Waals surface area contributed by atoms with E-state index in [0.29, 0.717) is 0 Å². The van der Waals surface area contributed by atoms with E-state index in [9.17, 15) is 4.79 Å². The molecule has 0 spiro atoms. The fourth-order valence-corrected chi connectivity index (χ4v) is 2.27. The molecule has 1 atom stereocenters. The van der Waals surface area contributed by atoms with E-state index in [1.807, 2.05) is 36.1 Å². The van der Waals surface area contributed by atoms with E-state index in [-0.39, 0.29) is 11.9 Å². The van der Waals surface area contributed by atoms with Gasteiger partial charge in [-0.3, -0.25) is 4.79 Å². The van der Waals surface area contributed by atoms with Crippen molar-refractivity contribution >= 4 is 11.6 Å². The van der Waals surface area contributed by atoms with Gasteiger partial charge >= 0.3 is 0 Å². The molecule has 0 aliphatic carbocycles. The maximum atomic E-state index is 12.3. The third kappa shape index (κ3) is 2.67. The first kappa shape index (κ1) is 12.1. The number of carbonyl (C=O) groups is 1. The van der Waals surface area contributed by atoms with Crippen molar-refractivity contribution in [3.63, 3.8) is 0 Å². The number of rotatable bonds is 3. The van der Waals surface area contributed by atoms with Crippen LogP contribution in [0.2, 0.25) is 0 Å². The Hall–Kier alpha value is -1.35. The molecule has 0 aromatic heterocycles. The van der Waals surface area contributed by atoms with E-state index in [2.05, 4.69) is 12.2 Å². The Kier molecular flexibility index (Phi) is 3.79. The Labute approximate surface area is 103 Å². The molecular formula is C14H20N2O. The summed E-state index contributed by atoms with van der Waals surface area (Å²) in [6.45, 7) is 5.76. The van der Waals surface area contributed by atoms with Crippen molar-refractivity contribution in [1.29, 1.82) is 0 Å². The number of carbonyl (C=O) groups excluding carboxylic acids is 1. The van der Waals surface area contributed by atoms with Crippen LogP contribution in [0.1, 0.15) is 25.3 Å². The first-order valence-corrected chi connectivity index (χ1v) is 6.34. The Morgan fingerprint density at radius 1 is 1.41 bits per heavy atom. The highest BCUT2D eigenvalue weighted by molar-refractivity contribution is 5.97. The number of likely N-dealkylation sites (N-methyl/N-ethyl adjacent to an activating group) is 1.